The third-order valence-electron chi connectivity index (χ3n) is 3.60. The van der Waals surface area contributed by atoms with Crippen LogP contribution in [0, 0.1) is 0 Å². The fourth-order valence-corrected chi connectivity index (χ4v) is 4.26. The normalized spacial score (nSPS) is 20.8. The summed E-state index contributed by atoms with van der Waals surface area (Å²) in [7, 11) is -1.47. The lowest BCUT2D eigenvalue weighted by atomic mass is 10.0. The Morgan fingerprint density at radius 2 is 2.32 bits per heavy atom. The summed E-state index contributed by atoms with van der Waals surface area (Å²) in [6, 6.07) is 2.34. The van der Waals surface area contributed by atoms with Gasteiger partial charge < -0.3 is 5.32 Å². The fraction of sp³-hybridized carbons (Fsp3) is 0.692. The maximum atomic E-state index is 12.2. The summed E-state index contributed by atoms with van der Waals surface area (Å²) in [5.41, 5.74) is 1.06. The van der Waals surface area contributed by atoms with E-state index in [2.05, 4.69) is 5.32 Å². The third-order valence-corrected chi connectivity index (χ3v) is 6.16. The van der Waals surface area contributed by atoms with Gasteiger partial charge in [-0.3, -0.25) is 0 Å². The molecular formula is C13H22N2O2S2. The van der Waals surface area contributed by atoms with Crippen LogP contribution in [0.2, 0.25) is 0 Å². The van der Waals surface area contributed by atoms with Gasteiger partial charge in [-0.1, -0.05) is 6.42 Å². The van der Waals surface area contributed by atoms with Crippen LogP contribution in [0.4, 0.5) is 0 Å². The van der Waals surface area contributed by atoms with E-state index in [1.54, 1.807) is 18.4 Å². The highest BCUT2D eigenvalue weighted by molar-refractivity contribution is 7.89. The lowest BCUT2D eigenvalue weighted by molar-refractivity contribution is 0.388. The van der Waals surface area contributed by atoms with Crippen molar-refractivity contribution in [1.82, 2.24) is 9.62 Å². The smallest absolute Gasteiger partial charge is 0.214 e. The molecule has 1 aromatic heterocycles. The molecule has 4 nitrogen and oxygen atoms in total. The van der Waals surface area contributed by atoms with Gasteiger partial charge in [0.05, 0.1) is 5.75 Å². The zero-order chi connectivity index (χ0) is 13.7. The second kappa shape index (κ2) is 6.83. The molecule has 1 unspecified atom stereocenters. The first kappa shape index (κ1) is 15.0. The summed E-state index contributed by atoms with van der Waals surface area (Å²) in [6.07, 6.45) is 4.24. The number of hydrogen-bond donors (Lipinski definition) is 1. The van der Waals surface area contributed by atoms with E-state index in [-0.39, 0.29) is 5.75 Å². The number of hydrogen-bond acceptors (Lipinski definition) is 4. The Bertz CT molecular complexity index is 465. The van der Waals surface area contributed by atoms with Crippen molar-refractivity contribution in [3.05, 3.63) is 22.4 Å². The Balaban J connectivity index is 1.83. The highest BCUT2D eigenvalue weighted by atomic mass is 32.2. The number of piperidine rings is 1. The molecule has 0 radical (unpaired) electrons. The number of sulfonamides is 1. The van der Waals surface area contributed by atoms with Crippen LogP contribution in [0.1, 0.15) is 31.2 Å². The highest BCUT2D eigenvalue weighted by Gasteiger charge is 2.21. The third kappa shape index (κ3) is 4.56. The van der Waals surface area contributed by atoms with Crippen molar-refractivity contribution in [2.24, 2.45) is 0 Å². The Morgan fingerprint density at radius 1 is 1.47 bits per heavy atom. The molecule has 1 N–H and O–H groups in total. The molecule has 0 bridgehead atoms. The van der Waals surface area contributed by atoms with Crippen molar-refractivity contribution in [2.45, 2.75) is 38.3 Å². The molecule has 2 rings (SSSR count). The lowest BCUT2D eigenvalue weighted by Gasteiger charge is -2.24. The molecule has 0 saturated carbocycles. The predicted octanol–water partition coefficient (Wildman–Crippen LogP) is 2.04. The highest BCUT2D eigenvalue weighted by Crippen LogP contribution is 2.15. The first-order valence-corrected chi connectivity index (χ1v) is 9.31. The molecule has 1 atom stereocenters. The Kier molecular flexibility index (Phi) is 5.38. The summed E-state index contributed by atoms with van der Waals surface area (Å²) in [4.78, 5) is 0. The fourth-order valence-electron chi connectivity index (χ4n) is 2.36. The van der Waals surface area contributed by atoms with Crippen molar-refractivity contribution >= 4 is 21.4 Å². The van der Waals surface area contributed by atoms with E-state index in [1.807, 2.05) is 16.8 Å². The van der Waals surface area contributed by atoms with E-state index in [1.165, 1.54) is 17.1 Å². The van der Waals surface area contributed by atoms with E-state index in [0.717, 1.165) is 24.9 Å². The average Bonchev–Trinajstić information content (AvgIpc) is 2.90. The molecule has 1 saturated heterocycles. The molecule has 1 aliphatic rings. The Hall–Kier alpha value is -0.430. The minimum Gasteiger partial charge on any atom is -0.314 e. The second-order valence-electron chi connectivity index (χ2n) is 5.14. The van der Waals surface area contributed by atoms with E-state index >= 15 is 0 Å². The van der Waals surface area contributed by atoms with Crippen LogP contribution in [0.15, 0.2) is 16.8 Å². The van der Waals surface area contributed by atoms with Crippen LogP contribution >= 0.6 is 11.3 Å². The van der Waals surface area contributed by atoms with Crippen LogP contribution in [0.5, 0.6) is 0 Å². The molecule has 0 amide bonds. The van der Waals surface area contributed by atoms with Crippen LogP contribution in [0.25, 0.3) is 0 Å². The van der Waals surface area contributed by atoms with Crippen molar-refractivity contribution < 1.29 is 8.42 Å². The zero-order valence-corrected chi connectivity index (χ0v) is 13.0. The van der Waals surface area contributed by atoms with Gasteiger partial charge in [-0.25, -0.2) is 12.7 Å². The van der Waals surface area contributed by atoms with Gasteiger partial charge in [-0.05, 0) is 48.2 Å². The van der Waals surface area contributed by atoms with E-state index in [4.69, 9.17) is 0 Å². The summed E-state index contributed by atoms with van der Waals surface area (Å²) in [5, 5.41) is 7.36. The molecule has 1 fully saturated rings. The molecule has 19 heavy (non-hydrogen) atoms. The SMILES string of the molecule is CN(Cc1ccsc1)S(=O)(=O)CCC1CCCCN1. The quantitative estimate of drug-likeness (QED) is 0.875. The van der Waals surface area contributed by atoms with E-state index in [0.29, 0.717) is 12.6 Å². The largest absolute Gasteiger partial charge is 0.314 e. The lowest BCUT2D eigenvalue weighted by Crippen LogP contribution is -2.37. The van der Waals surface area contributed by atoms with Gasteiger partial charge in [0.2, 0.25) is 10.0 Å². The molecule has 0 aliphatic carbocycles. The van der Waals surface area contributed by atoms with Crippen LogP contribution in [-0.4, -0.2) is 38.1 Å². The number of nitrogens with one attached hydrogen (secondary N) is 1. The number of nitrogens with zero attached hydrogens (tertiary/aromatic N) is 1. The first-order valence-electron chi connectivity index (χ1n) is 6.76. The predicted molar refractivity (Wildman–Crippen MR) is 79.8 cm³/mol. The minimum atomic E-state index is -3.14. The monoisotopic (exact) mass is 302 g/mol. The number of thiophene rings is 1. The molecular weight excluding hydrogens is 280 g/mol. The Labute approximate surface area is 119 Å². The molecule has 2 heterocycles. The number of rotatable bonds is 6. The zero-order valence-electron chi connectivity index (χ0n) is 11.3. The maximum Gasteiger partial charge on any atom is 0.214 e. The average molecular weight is 302 g/mol. The van der Waals surface area contributed by atoms with Gasteiger partial charge in [0.25, 0.3) is 0 Å². The Morgan fingerprint density at radius 3 is 2.95 bits per heavy atom. The summed E-state index contributed by atoms with van der Waals surface area (Å²) in [5.74, 6) is 0.241. The van der Waals surface area contributed by atoms with Gasteiger partial charge >= 0.3 is 0 Å². The molecule has 0 aromatic carbocycles. The van der Waals surface area contributed by atoms with Gasteiger partial charge in [0.15, 0.2) is 0 Å². The topological polar surface area (TPSA) is 49.4 Å². The van der Waals surface area contributed by atoms with Crippen molar-refractivity contribution in [3.63, 3.8) is 0 Å². The van der Waals surface area contributed by atoms with E-state index in [9.17, 15) is 8.42 Å². The van der Waals surface area contributed by atoms with E-state index < -0.39 is 10.0 Å². The van der Waals surface area contributed by atoms with Crippen LogP contribution in [-0.2, 0) is 16.6 Å². The van der Waals surface area contributed by atoms with Gasteiger partial charge in [-0.2, -0.15) is 11.3 Å². The standard InChI is InChI=1S/C13H22N2O2S2/c1-15(10-12-5-8-18-11-12)19(16,17)9-6-13-4-2-3-7-14-13/h5,8,11,13-14H,2-4,6-7,9-10H2,1H3. The van der Waals surface area contributed by atoms with Crippen molar-refractivity contribution in [1.29, 1.82) is 0 Å². The van der Waals surface area contributed by atoms with Crippen molar-refractivity contribution in [3.8, 4) is 0 Å². The summed E-state index contributed by atoms with van der Waals surface area (Å²) in [6.45, 7) is 1.50. The van der Waals surface area contributed by atoms with Gasteiger partial charge in [0, 0.05) is 19.6 Å². The van der Waals surface area contributed by atoms with Crippen molar-refractivity contribution in [2.75, 3.05) is 19.3 Å². The van der Waals surface area contributed by atoms with Gasteiger partial charge in [0.1, 0.15) is 0 Å². The minimum absolute atomic E-state index is 0.241. The van der Waals surface area contributed by atoms with Crippen LogP contribution < -0.4 is 5.32 Å². The van der Waals surface area contributed by atoms with Gasteiger partial charge in [-0.15, -0.1) is 0 Å². The molecule has 1 aromatic rings. The first-order chi connectivity index (χ1) is 9.08. The molecule has 0 spiro atoms. The second-order valence-corrected chi connectivity index (χ2v) is 8.11. The summed E-state index contributed by atoms with van der Waals surface area (Å²) >= 11 is 1.60. The van der Waals surface area contributed by atoms with Crippen LogP contribution in [0.3, 0.4) is 0 Å². The molecule has 1 aliphatic heterocycles. The summed E-state index contributed by atoms with van der Waals surface area (Å²) < 4.78 is 25.9. The molecule has 6 heteroatoms. The molecule has 108 valence electrons. The maximum absolute atomic E-state index is 12.2.